The van der Waals surface area contributed by atoms with Crippen LogP contribution in [-0.4, -0.2) is 17.8 Å². The van der Waals surface area contributed by atoms with Gasteiger partial charge in [-0.15, -0.1) is 0 Å². The van der Waals surface area contributed by atoms with E-state index in [-0.39, 0.29) is 0 Å². The average molecular weight is 259 g/mol. The lowest BCUT2D eigenvalue weighted by Crippen LogP contribution is -2.37. The van der Waals surface area contributed by atoms with Gasteiger partial charge in [0.15, 0.2) is 0 Å². The zero-order valence-corrected chi connectivity index (χ0v) is 11.6. The fraction of sp³-hybridized carbons (Fsp3) is 0.647. The molecule has 1 aromatic rings. The molecule has 0 saturated heterocycles. The summed E-state index contributed by atoms with van der Waals surface area (Å²) in [6.07, 6.45) is 8.75. The van der Waals surface area contributed by atoms with Crippen molar-refractivity contribution < 1.29 is 5.11 Å². The molecule has 0 aliphatic heterocycles. The Morgan fingerprint density at radius 1 is 1.05 bits per heavy atom. The van der Waals surface area contributed by atoms with Crippen LogP contribution < -0.4 is 5.32 Å². The molecule has 0 heterocycles. The van der Waals surface area contributed by atoms with E-state index in [1.165, 1.54) is 56.1 Å². The fourth-order valence-corrected chi connectivity index (χ4v) is 3.83. The molecule has 2 heteroatoms. The summed E-state index contributed by atoms with van der Waals surface area (Å²) in [6.45, 7) is 0.339. The highest BCUT2D eigenvalue weighted by Gasteiger charge is 2.29. The van der Waals surface area contributed by atoms with Gasteiger partial charge in [-0.05, 0) is 49.1 Å². The summed E-state index contributed by atoms with van der Waals surface area (Å²) in [4.78, 5) is 0. The molecule has 104 valence electrons. The van der Waals surface area contributed by atoms with E-state index in [1.807, 2.05) is 0 Å². The van der Waals surface area contributed by atoms with Crippen molar-refractivity contribution in [3.8, 4) is 0 Å². The van der Waals surface area contributed by atoms with Gasteiger partial charge in [-0.3, -0.25) is 0 Å². The number of aliphatic hydroxyl groups is 1. The van der Waals surface area contributed by atoms with E-state index in [0.717, 1.165) is 0 Å². The SMILES string of the molecule is OCC1CCCC1NC1CCCCc2ccccc21. The number of aliphatic hydroxyl groups excluding tert-OH is 1. The molecule has 2 nitrogen and oxygen atoms in total. The first kappa shape index (κ1) is 13.1. The lowest BCUT2D eigenvalue weighted by Gasteiger charge is -2.27. The van der Waals surface area contributed by atoms with Gasteiger partial charge in [0.25, 0.3) is 0 Å². The minimum atomic E-state index is 0.339. The van der Waals surface area contributed by atoms with Crippen LogP contribution in [0.2, 0.25) is 0 Å². The van der Waals surface area contributed by atoms with Gasteiger partial charge in [-0.1, -0.05) is 37.1 Å². The average Bonchev–Trinajstić information content (AvgIpc) is 2.80. The van der Waals surface area contributed by atoms with Crippen molar-refractivity contribution in [2.24, 2.45) is 5.92 Å². The van der Waals surface area contributed by atoms with Crippen LogP contribution in [0.3, 0.4) is 0 Å². The monoisotopic (exact) mass is 259 g/mol. The highest BCUT2D eigenvalue weighted by atomic mass is 16.3. The van der Waals surface area contributed by atoms with E-state index < -0.39 is 0 Å². The van der Waals surface area contributed by atoms with Crippen LogP contribution in [0, 0.1) is 5.92 Å². The third-order valence-electron chi connectivity index (χ3n) is 4.93. The van der Waals surface area contributed by atoms with E-state index in [0.29, 0.717) is 24.6 Å². The Labute approximate surface area is 116 Å². The molecule has 0 radical (unpaired) electrons. The molecule has 0 spiro atoms. The van der Waals surface area contributed by atoms with E-state index in [4.69, 9.17) is 0 Å². The van der Waals surface area contributed by atoms with Gasteiger partial charge >= 0.3 is 0 Å². The maximum Gasteiger partial charge on any atom is 0.0474 e. The molecule has 1 aromatic carbocycles. The van der Waals surface area contributed by atoms with Gasteiger partial charge in [-0.25, -0.2) is 0 Å². The molecular formula is C17H25NO. The number of nitrogens with one attached hydrogen (secondary N) is 1. The molecule has 19 heavy (non-hydrogen) atoms. The number of aryl methyl sites for hydroxylation is 1. The second kappa shape index (κ2) is 6.06. The maximum atomic E-state index is 9.48. The van der Waals surface area contributed by atoms with Gasteiger partial charge in [0.05, 0.1) is 0 Å². The van der Waals surface area contributed by atoms with Crippen molar-refractivity contribution >= 4 is 0 Å². The molecule has 1 fully saturated rings. The van der Waals surface area contributed by atoms with Crippen LogP contribution in [0.25, 0.3) is 0 Å². The first-order valence-electron chi connectivity index (χ1n) is 7.83. The first-order valence-corrected chi connectivity index (χ1v) is 7.83. The second-order valence-corrected chi connectivity index (χ2v) is 6.14. The zero-order valence-electron chi connectivity index (χ0n) is 11.6. The van der Waals surface area contributed by atoms with Crippen molar-refractivity contribution in [3.05, 3.63) is 35.4 Å². The third kappa shape index (κ3) is 2.85. The van der Waals surface area contributed by atoms with Crippen LogP contribution in [0.5, 0.6) is 0 Å². The van der Waals surface area contributed by atoms with Gasteiger partial charge in [0.2, 0.25) is 0 Å². The first-order chi connectivity index (χ1) is 9.38. The van der Waals surface area contributed by atoms with E-state index in [1.54, 1.807) is 0 Å². The van der Waals surface area contributed by atoms with Crippen molar-refractivity contribution in [1.29, 1.82) is 0 Å². The topological polar surface area (TPSA) is 32.3 Å². The summed E-state index contributed by atoms with van der Waals surface area (Å²) >= 11 is 0. The van der Waals surface area contributed by atoms with Gasteiger partial charge in [0.1, 0.15) is 0 Å². The second-order valence-electron chi connectivity index (χ2n) is 6.14. The van der Waals surface area contributed by atoms with Crippen LogP contribution in [0.4, 0.5) is 0 Å². The van der Waals surface area contributed by atoms with Gasteiger partial charge in [-0.2, -0.15) is 0 Å². The van der Waals surface area contributed by atoms with Crippen molar-refractivity contribution in [2.45, 2.75) is 57.0 Å². The Morgan fingerprint density at radius 2 is 1.95 bits per heavy atom. The summed E-state index contributed by atoms with van der Waals surface area (Å²) in [5.41, 5.74) is 3.03. The summed E-state index contributed by atoms with van der Waals surface area (Å²) in [5, 5.41) is 13.3. The Bertz CT molecular complexity index is 417. The molecule has 3 unspecified atom stereocenters. The summed E-state index contributed by atoms with van der Waals surface area (Å²) in [6, 6.07) is 9.91. The summed E-state index contributed by atoms with van der Waals surface area (Å²) in [7, 11) is 0. The molecule has 2 aliphatic rings. The normalized spacial score (nSPS) is 30.9. The minimum absolute atomic E-state index is 0.339. The standard InChI is InChI=1S/C17H25NO/c19-12-14-8-5-11-16(14)18-17-10-4-2-7-13-6-1-3-9-15(13)17/h1,3,6,9,14,16-19H,2,4-5,7-8,10-12H2. The molecule has 0 amide bonds. The van der Waals surface area contributed by atoms with E-state index >= 15 is 0 Å². The molecule has 3 rings (SSSR count). The van der Waals surface area contributed by atoms with Crippen molar-refractivity contribution in [2.75, 3.05) is 6.61 Å². The van der Waals surface area contributed by atoms with Gasteiger partial charge in [0, 0.05) is 18.7 Å². The molecular weight excluding hydrogens is 234 g/mol. The molecule has 1 saturated carbocycles. The van der Waals surface area contributed by atoms with Crippen LogP contribution in [0.1, 0.15) is 55.7 Å². The predicted molar refractivity (Wildman–Crippen MR) is 78.1 cm³/mol. The molecule has 3 atom stereocenters. The predicted octanol–water partition coefficient (Wildman–Crippen LogP) is 3.20. The number of fused-ring (bicyclic) bond motifs is 1. The van der Waals surface area contributed by atoms with Gasteiger partial charge < -0.3 is 10.4 Å². The van der Waals surface area contributed by atoms with Crippen LogP contribution in [0.15, 0.2) is 24.3 Å². The van der Waals surface area contributed by atoms with Crippen molar-refractivity contribution in [3.63, 3.8) is 0 Å². The molecule has 2 aliphatic carbocycles. The lowest BCUT2D eigenvalue weighted by molar-refractivity contribution is 0.198. The quantitative estimate of drug-likeness (QED) is 0.817. The lowest BCUT2D eigenvalue weighted by atomic mass is 9.96. The minimum Gasteiger partial charge on any atom is -0.396 e. The van der Waals surface area contributed by atoms with E-state index in [2.05, 4.69) is 29.6 Å². The van der Waals surface area contributed by atoms with Crippen LogP contribution in [-0.2, 0) is 6.42 Å². The van der Waals surface area contributed by atoms with E-state index in [9.17, 15) is 5.11 Å². The maximum absolute atomic E-state index is 9.48. The highest BCUT2D eigenvalue weighted by Crippen LogP contribution is 2.32. The molecule has 0 aromatic heterocycles. The Balaban J connectivity index is 1.77. The Hall–Kier alpha value is -0.860. The summed E-state index contributed by atoms with van der Waals surface area (Å²) in [5.74, 6) is 0.468. The molecule has 2 N–H and O–H groups in total. The van der Waals surface area contributed by atoms with Crippen LogP contribution >= 0.6 is 0 Å². The highest BCUT2D eigenvalue weighted by molar-refractivity contribution is 5.31. The zero-order chi connectivity index (χ0) is 13.1. The number of benzene rings is 1. The Morgan fingerprint density at radius 3 is 2.84 bits per heavy atom. The number of hydrogen-bond donors (Lipinski definition) is 2. The summed E-state index contributed by atoms with van der Waals surface area (Å²) < 4.78 is 0. The smallest absolute Gasteiger partial charge is 0.0474 e. The number of rotatable bonds is 3. The fourth-order valence-electron chi connectivity index (χ4n) is 3.83. The third-order valence-corrected chi connectivity index (χ3v) is 4.93. The molecule has 0 bridgehead atoms. The number of hydrogen-bond acceptors (Lipinski definition) is 2. The van der Waals surface area contributed by atoms with Crippen molar-refractivity contribution in [1.82, 2.24) is 5.32 Å². The Kier molecular flexibility index (Phi) is 4.19. The largest absolute Gasteiger partial charge is 0.396 e.